The number of nitro benzene ring substituents is 1. The third-order valence-electron chi connectivity index (χ3n) is 2.53. The van der Waals surface area contributed by atoms with Gasteiger partial charge in [0.05, 0.1) is 11.5 Å². The van der Waals surface area contributed by atoms with Crippen molar-refractivity contribution in [3.8, 4) is 0 Å². The maximum Gasteiger partial charge on any atom is 0.455 e. The van der Waals surface area contributed by atoms with Crippen molar-refractivity contribution in [3.63, 3.8) is 0 Å². The van der Waals surface area contributed by atoms with E-state index in [1.165, 1.54) is 25.2 Å². The van der Waals surface area contributed by atoms with E-state index in [9.17, 15) is 32.1 Å². The normalized spacial score (nSPS) is 12.3. The molecule has 5 nitrogen and oxygen atoms in total. The van der Waals surface area contributed by atoms with Gasteiger partial charge in [-0.05, 0) is 0 Å². The quantitative estimate of drug-likeness (QED) is 0.497. The summed E-state index contributed by atoms with van der Waals surface area (Å²) < 4.78 is 65.5. The van der Waals surface area contributed by atoms with Gasteiger partial charge in [-0.1, -0.05) is 12.1 Å². The van der Waals surface area contributed by atoms with Gasteiger partial charge in [0, 0.05) is 18.7 Å². The average molecular weight is 314 g/mol. The average Bonchev–Trinajstić information content (AvgIpc) is 2.36. The molecule has 21 heavy (non-hydrogen) atoms. The fraction of sp³-hybridized carbons (Fsp3) is 0.455. The second kappa shape index (κ2) is 6.20. The standard InChI is InChI=1S/C11H11F5N2O3/c1-17-9-7(3-2-4-8(9)18(19)20)5-21-6-10(12,13)11(14,15)16/h2-4,17H,5-6H2,1H3. The molecule has 0 aromatic heterocycles. The van der Waals surface area contributed by atoms with Crippen molar-refractivity contribution in [2.75, 3.05) is 19.0 Å². The lowest BCUT2D eigenvalue weighted by Crippen LogP contribution is -2.40. The molecule has 118 valence electrons. The van der Waals surface area contributed by atoms with Gasteiger partial charge in [-0.15, -0.1) is 0 Å². The minimum Gasteiger partial charge on any atom is -0.382 e. The second-order valence-corrected chi connectivity index (χ2v) is 4.01. The molecule has 1 N–H and O–H groups in total. The van der Waals surface area contributed by atoms with Gasteiger partial charge < -0.3 is 10.1 Å². The van der Waals surface area contributed by atoms with Crippen molar-refractivity contribution in [3.05, 3.63) is 33.9 Å². The molecule has 0 spiro atoms. The van der Waals surface area contributed by atoms with E-state index < -0.39 is 30.2 Å². The summed E-state index contributed by atoms with van der Waals surface area (Å²) in [5.74, 6) is -4.98. The fourth-order valence-electron chi connectivity index (χ4n) is 1.52. The third kappa shape index (κ3) is 4.00. The van der Waals surface area contributed by atoms with Crippen molar-refractivity contribution in [2.45, 2.75) is 18.7 Å². The van der Waals surface area contributed by atoms with Crippen LogP contribution >= 0.6 is 0 Å². The molecule has 1 aromatic rings. The van der Waals surface area contributed by atoms with E-state index in [2.05, 4.69) is 10.1 Å². The number of para-hydroxylation sites is 1. The summed E-state index contributed by atoms with van der Waals surface area (Å²) in [5.41, 5.74) is -0.233. The number of nitro groups is 1. The number of ether oxygens (including phenoxy) is 1. The van der Waals surface area contributed by atoms with Gasteiger partial charge in [-0.3, -0.25) is 10.1 Å². The third-order valence-corrected chi connectivity index (χ3v) is 2.53. The van der Waals surface area contributed by atoms with E-state index in [1.54, 1.807) is 0 Å². The molecule has 1 rings (SSSR count). The number of nitrogens with zero attached hydrogens (tertiary/aromatic N) is 1. The molecule has 0 bridgehead atoms. The Hall–Kier alpha value is -1.97. The molecule has 0 aliphatic heterocycles. The molecule has 0 unspecified atom stereocenters. The number of hydrogen-bond donors (Lipinski definition) is 1. The number of hydrogen-bond acceptors (Lipinski definition) is 4. The van der Waals surface area contributed by atoms with Gasteiger partial charge >= 0.3 is 12.1 Å². The zero-order valence-corrected chi connectivity index (χ0v) is 10.7. The van der Waals surface area contributed by atoms with Crippen molar-refractivity contribution in [1.29, 1.82) is 0 Å². The Labute approximate surface area is 115 Å². The number of halogens is 5. The van der Waals surface area contributed by atoms with E-state index in [0.29, 0.717) is 0 Å². The van der Waals surface area contributed by atoms with Gasteiger partial charge in [0.2, 0.25) is 0 Å². The van der Waals surface area contributed by atoms with Crippen molar-refractivity contribution in [2.24, 2.45) is 0 Å². The van der Waals surface area contributed by atoms with Crippen LogP contribution in [0.25, 0.3) is 0 Å². The maximum atomic E-state index is 12.6. The molecule has 0 atom stereocenters. The highest BCUT2D eigenvalue weighted by atomic mass is 19.4. The van der Waals surface area contributed by atoms with Crippen LogP contribution in [0.3, 0.4) is 0 Å². The second-order valence-electron chi connectivity index (χ2n) is 4.01. The molecule has 10 heteroatoms. The predicted octanol–water partition coefficient (Wildman–Crippen LogP) is 3.35. The van der Waals surface area contributed by atoms with Crippen LogP contribution in [0.4, 0.5) is 33.3 Å². The summed E-state index contributed by atoms with van der Waals surface area (Å²) >= 11 is 0. The molecule has 0 radical (unpaired) electrons. The minimum atomic E-state index is -5.71. The van der Waals surface area contributed by atoms with Gasteiger partial charge in [0.25, 0.3) is 5.69 Å². The monoisotopic (exact) mass is 314 g/mol. The summed E-state index contributed by atoms with van der Waals surface area (Å²) in [7, 11) is 1.36. The molecule has 0 fully saturated rings. The van der Waals surface area contributed by atoms with E-state index in [0.717, 1.165) is 0 Å². The lowest BCUT2D eigenvalue weighted by atomic mass is 10.1. The van der Waals surface area contributed by atoms with Gasteiger partial charge in [-0.25, -0.2) is 0 Å². The molecular formula is C11H11F5N2O3. The SMILES string of the molecule is CNc1c(COCC(F)(F)C(F)(F)F)cccc1[N+](=O)[O-]. The molecular weight excluding hydrogens is 303 g/mol. The summed E-state index contributed by atoms with van der Waals surface area (Å²) in [6, 6.07) is 3.77. The number of alkyl halides is 5. The van der Waals surface area contributed by atoms with Crippen LogP contribution in [0.5, 0.6) is 0 Å². The fourth-order valence-corrected chi connectivity index (χ4v) is 1.52. The van der Waals surface area contributed by atoms with Crippen LogP contribution in [-0.4, -0.2) is 30.7 Å². The molecule has 1 aromatic carbocycles. The Kier molecular flexibility index (Phi) is 5.05. The smallest absolute Gasteiger partial charge is 0.382 e. The Morgan fingerprint density at radius 3 is 2.38 bits per heavy atom. The minimum absolute atomic E-state index is 0.00201. The summed E-state index contributed by atoms with van der Waals surface area (Å²) in [5, 5.41) is 13.2. The first-order chi connectivity index (χ1) is 9.60. The summed E-state index contributed by atoms with van der Waals surface area (Å²) in [6.07, 6.45) is -5.71. The number of rotatable bonds is 6. The van der Waals surface area contributed by atoms with E-state index in [-0.39, 0.29) is 16.9 Å². The summed E-state index contributed by atoms with van der Waals surface area (Å²) in [6.45, 7) is -2.48. The van der Waals surface area contributed by atoms with Crippen molar-refractivity contribution >= 4 is 11.4 Å². The molecule has 0 heterocycles. The highest BCUT2D eigenvalue weighted by Gasteiger charge is 2.57. The number of benzene rings is 1. The van der Waals surface area contributed by atoms with Crippen LogP contribution < -0.4 is 5.32 Å². The van der Waals surface area contributed by atoms with Crippen molar-refractivity contribution < 1.29 is 31.6 Å². The maximum absolute atomic E-state index is 12.6. The lowest BCUT2D eigenvalue weighted by molar-refractivity contribution is -0.384. The highest BCUT2D eigenvalue weighted by molar-refractivity contribution is 5.65. The van der Waals surface area contributed by atoms with E-state index >= 15 is 0 Å². The van der Waals surface area contributed by atoms with E-state index in [4.69, 9.17) is 0 Å². The first-order valence-corrected chi connectivity index (χ1v) is 5.56. The first-order valence-electron chi connectivity index (χ1n) is 5.56. The molecule has 0 saturated carbocycles. The predicted molar refractivity (Wildman–Crippen MR) is 63.3 cm³/mol. The van der Waals surface area contributed by atoms with Gasteiger partial charge in [0.15, 0.2) is 0 Å². The van der Waals surface area contributed by atoms with Crippen LogP contribution in [0, 0.1) is 10.1 Å². The van der Waals surface area contributed by atoms with Crippen molar-refractivity contribution in [1.82, 2.24) is 0 Å². The Morgan fingerprint density at radius 2 is 1.90 bits per heavy atom. The zero-order valence-electron chi connectivity index (χ0n) is 10.7. The highest BCUT2D eigenvalue weighted by Crippen LogP contribution is 2.36. The molecule has 0 aliphatic rings. The van der Waals surface area contributed by atoms with Crippen LogP contribution in [0.2, 0.25) is 0 Å². The summed E-state index contributed by atoms with van der Waals surface area (Å²) in [4.78, 5) is 10.0. The van der Waals surface area contributed by atoms with Gasteiger partial charge in [0.1, 0.15) is 12.3 Å². The molecule has 0 aliphatic carbocycles. The molecule has 0 saturated heterocycles. The first kappa shape index (κ1) is 17.1. The number of nitrogens with one attached hydrogen (secondary N) is 1. The lowest BCUT2D eigenvalue weighted by Gasteiger charge is -2.19. The van der Waals surface area contributed by atoms with E-state index in [1.807, 2.05) is 0 Å². The van der Waals surface area contributed by atoms with Crippen LogP contribution in [0.15, 0.2) is 18.2 Å². The van der Waals surface area contributed by atoms with Crippen LogP contribution in [0.1, 0.15) is 5.56 Å². The van der Waals surface area contributed by atoms with Gasteiger partial charge in [-0.2, -0.15) is 22.0 Å². The Balaban J connectivity index is 2.82. The molecule has 0 amide bonds. The Morgan fingerprint density at radius 1 is 1.29 bits per heavy atom. The zero-order chi connectivity index (χ0) is 16.3. The number of anilines is 1. The topological polar surface area (TPSA) is 64.4 Å². The largest absolute Gasteiger partial charge is 0.455 e. The van der Waals surface area contributed by atoms with Crippen LogP contribution in [-0.2, 0) is 11.3 Å². The Bertz CT molecular complexity index is 519.